The summed E-state index contributed by atoms with van der Waals surface area (Å²) < 4.78 is 3.09. The van der Waals surface area contributed by atoms with E-state index in [9.17, 15) is 0 Å². The molecule has 1 saturated carbocycles. The second kappa shape index (κ2) is 5.94. The Morgan fingerprint density at radius 1 is 1.42 bits per heavy atom. The van der Waals surface area contributed by atoms with Crippen molar-refractivity contribution in [3.8, 4) is 0 Å². The first-order chi connectivity index (χ1) is 8.98. The molecule has 0 aromatic carbocycles. The number of aromatic nitrogens is 2. The molecule has 1 atom stereocenters. The largest absolute Gasteiger partial charge is 0.271 e. The van der Waals surface area contributed by atoms with Crippen LogP contribution in [0, 0.1) is 12.3 Å². The molecule has 0 aliphatic heterocycles. The van der Waals surface area contributed by atoms with Gasteiger partial charge in [-0.2, -0.15) is 5.10 Å². The zero-order valence-electron chi connectivity index (χ0n) is 12.2. The highest BCUT2D eigenvalue weighted by molar-refractivity contribution is 9.10. The molecule has 1 aliphatic rings. The predicted molar refractivity (Wildman–Crippen MR) is 81.7 cm³/mol. The summed E-state index contributed by atoms with van der Waals surface area (Å²) in [5.74, 6) is 5.85. The molecule has 1 unspecified atom stereocenters. The molecule has 3 N–H and O–H groups in total. The van der Waals surface area contributed by atoms with Gasteiger partial charge in [0.25, 0.3) is 0 Å². The molecule has 0 amide bonds. The maximum absolute atomic E-state index is 5.85. The molecular weight excluding hydrogens is 304 g/mol. The van der Waals surface area contributed by atoms with Crippen LogP contribution in [-0.2, 0) is 13.5 Å². The van der Waals surface area contributed by atoms with Crippen LogP contribution in [-0.4, -0.2) is 15.8 Å². The summed E-state index contributed by atoms with van der Waals surface area (Å²) in [4.78, 5) is 0. The Morgan fingerprint density at radius 2 is 2.05 bits per heavy atom. The molecule has 5 heteroatoms. The van der Waals surface area contributed by atoms with Crippen molar-refractivity contribution in [2.24, 2.45) is 18.3 Å². The maximum Gasteiger partial charge on any atom is 0.0738 e. The second-order valence-corrected chi connectivity index (χ2v) is 6.90. The predicted octanol–water partition coefficient (Wildman–Crippen LogP) is 2.84. The van der Waals surface area contributed by atoms with E-state index in [0.29, 0.717) is 11.5 Å². The Morgan fingerprint density at radius 3 is 2.53 bits per heavy atom. The van der Waals surface area contributed by atoms with Crippen molar-refractivity contribution in [3.63, 3.8) is 0 Å². The molecule has 1 heterocycles. The summed E-state index contributed by atoms with van der Waals surface area (Å²) in [6.07, 6.45) is 7.44. The smallest absolute Gasteiger partial charge is 0.0738 e. The van der Waals surface area contributed by atoms with E-state index in [4.69, 9.17) is 5.84 Å². The zero-order valence-corrected chi connectivity index (χ0v) is 13.8. The van der Waals surface area contributed by atoms with Gasteiger partial charge >= 0.3 is 0 Å². The highest BCUT2D eigenvalue weighted by Crippen LogP contribution is 2.40. The number of aryl methyl sites for hydroxylation is 2. The van der Waals surface area contributed by atoms with Gasteiger partial charge in [-0.3, -0.25) is 16.0 Å². The summed E-state index contributed by atoms with van der Waals surface area (Å²) in [6, 6.07) is 0.305. The average molecular weight is 329 g/mol. The number of halogens is 1. The Balaban J connectivity index is 2.18. The lowest BCUT2D eigenvalue weighted by atomic mass is 9.69. The van der Waals surface area contributed by atoms with Gasteiger partial charge in [-0.05, 0) is 41.1 Å². The van der Waals surface area contributed by atoms with Crippen molar-refractivity contribution in [1.82, 2.24) is 15.2 Å². The number of nitrogens with two attached hydrogens (primary N) is 1. The van der Waals surface area contributed by atoms with E-state index >= 15 is 0 Å². The lowest BCUT2D eigenvalue weighted by Crippen LogP contribution is -2.49. The van der Waals surface area contributed by atoms with Crippen LogP contribution < -0.4 is 11.3 Å². The summed E-state index contributed by atoms with van der Waals surface area (Å²) in [7, 11) is 2.00. The Kier molecular flexibility index (Phi) is 4.69. The van der Waals surface area contributed by atoms with E-state index in [1.165, 1.54) is 37.8 Å². The molecule has 0 radical (unpaired) electrons. The van der Waals surface area contributed by atoms with Crippen molar-refractivity contribution >= 4 is 15.9 Å². The van der Waals surface area contributed by atoms with Crippen LogP contribution in [0.4, 0.5) is 0 Å². The second-order valence-electron chi connectivity index (χ2n) is 6.11. The SMILES string of the molecule is Cc1nn(C)c(CC(NN)C2(C)CCCCC2)c1Br. The van der Waals surface area contributed by atoms with Gasteiger partial charge in [-0.1, -0.05) is 26.2 Å². The summed E-state index contributed by atoms with van der Waals surface area (Å²) in [6.45, 7) is 4.40. The third kappa shape index (κ3) is 3.03. The van der Waals surface area contributed by atoms with Gasteiger partial charge in [0.1, 0.15) is 0 Å². The van der Waals surface area contributed by atoms with E-state index in [-0.39, 0.29) is 0 Å². The van der Waals surface area contributed by atoms with Crippen molar-refractivity contribution in [2.75, 3.05) is 0 Å². The Bertz CT molecular complexity index is 435. The fourth-order valence-corrected chi connectivity index (χ4v) is 3.81. The van der Waals surface area contributed by atoms with Gasteiger partial charge in [0, 0.05) is 19.5 Å². The molecule has 1 aromatic rings. The van der Waals surface area contributed by atoms with Gasteiger partial charge in [0.2, 0.25) is 0 Å². The fraction of sp³-hybridized carbons (Fsp3) is 0.786. The standard InChI is InChI=1S/C14H25BrN4/c1-10-13(15)11(19(3)18-10)9-12(17-16)14(2)7-5-4-6-8-14/h12,17H,4-9,16H2,1-3H3. The van der Waals surface area contributed by atoms with Crippen molar-refractivity contribution < 1.29 is 0 Å². The van der Waals surface area contributed by atoms with E-state index < -0.39 is 0 Å². The number of hydrogen-bond acceptors (Lipinski definition) is 3. The monoisotopic (exact) mass is 328 g/mol. The average Bonchev–Trinajstić information content (AvgIpc) is 2.62. The molecule has 2 rings (SSSR count). The molecule has 0 saturated heterocycles. The number of nitrogens with zero attached hydrogens (tertiary/aromatic N) is 2. The van der Waals surface area contributed by atoms with Crippen LogP contribution in [0.15, 0.2) is 4.47 Å². The fourth-order valence-electron chi connectivity index (χ4n) is 3.31. The summed E-state index contributed by atoms with van der Waals surface area (Å²) in [5, 5.41) is 4.47. The van der Waals surface area contributed by atoms with Gasteiger partial charge in [0.05, 0.1) is 15.9 Å². The van der Waals surface area contributed by atoms with Crippen LogP contribution in [0.5, 0.6) is 0 Å². The van der Waals surface area contributed by atoms with Crippen LogP contribution >= 0.6 is 15.9 Å². The summed E-state index contributed by atoms with van der Waals surface area (Å²) >= 11 is 3.65. The molecule has 1 aromatic heterocycles. The third-order valence-electron chi connectivity index (χ3n) is 4.70. The Labute approximate surface area is 124 Å². The Hall–Kier alpha value is -0.390. The van der Waals surface area contributed by atoms with Crippen molar-refractivity contribution in [1.29, 1.82) is 0 Å². The van der Waals surface area contributed by atoms with Gasteiger partial charge in [-0.25, -0.2) is 0 Å². The van der Waals surface area contributed by atoms with E-state index in [0.717, 1.165) is 16.6 Å². The highest BCUT2D eigenvalue weighted by atomic mass is 79.9. The molecular formula is C14H25BrN4. The molecule has 1 aliphatic carbocycles. The lowest BCUT2D eigenvalue weighted by Gasteiger charge is -2.40. The number of nitrogens with one attached hydrogen (secondary N) is 1. The van der Waals surface area contributed by atoms with E-state index in [2.05, 4.69) is 33.4 Å². The van der Waals surface area contributed by atoms with Crippen molar-refractivity contribution in [2.45, 2.75) is 58.4 Å². The minimum Gasteiger partial charge on any atom is -0.271 e. The van der Waals surface area contributed by atoms with E-state index in [1.807, 2.05) is 18.7 Å². The highest BCUT2D eigenvalue weighted by Gasteiger charge is 2.35. The van der Waals surface area contributed by atoms with Gasteiger partial charge in [-0.15, -0.1) is 0 Å². The quantitative estimate of drug-likeness (QED) is 0.660. The first kappa shape index (κ1) is 15.0. The normalized spacial score (nSPS) is 20.5. The molecule has 19 heavy (non-hydrogen) atoms. The molecule has 108 valence electrons. The van der Waals surface area contributed by atoms with Gasteiger partial charge < -0.3 is 0 Å². The minimum atomic E-state index is 0.296. The number of rotatable bonds is 4. The van der Waals surface area contributed by atoms with Crippen LogP contribution in [0.2, 0.25) is 0 Å². The first-order valence-electron chi connectivity index (χ1n) is 7.12. The number of hydrazine groups is 1. The van der Waals surface area contributed by atoms with Crippen molar-refractivity contribution in [3.05, 3.63) is 15.9 Å². The molecule has 4 nitrogen and oxygen atoms in total. The van der Waals surface area contributed by atoms with Crippen LogP contribution in [0.3, 0.4) is 0 Å². The number of hydrogen-bond donors (Lipinski definition) is 2. The van der Waals surface area contributed by atoms with Gasteiger partial charge in [0.15, 0.2) is 0 Å². The summed E-state index contributed by atoms with van der Waals surface area (Å²) in [5.41, 5.74) is 5.63. The molecule has 0 bridgehead atoms. The zero-order chi connectivity index (χ0) is 14.0. The van der Waals surface area contributed by atoms with Crippen LogP contribution in [0.25, 0.3) is 0 Å². The topological polar surface area (TPSA) is 55.9 Å². The lowest BCUT2D eigenvalue weighted by molar-refractivity contribution is 0.142. The molecule has 1 fully saturated rings. The van der Waals surface area contributed by atoms with E-state index in [1.54, 1.807) is 0 Å². The minimum absolute atomic E-state index is 0.296. The third-order valence-corrected chi connectivity index (χ3v) is 5.73. The van der Waals surface area contributed by atoms with Crippen LogP contribution in [0.1, 0.15) is 50.4 Å². The maximum atomic E-state index is 5.85. The first-order valence-corrected chi connectivity index (χ1v) is 7.91. The molecule has 0 spiro atoms.